The van der Waals surface area contributed by atoms with Gasteiger partial charge in [-0.2, -0.15) is 0 Å². The van der Waals surface area contributed by atoms with E-state index in [2.05, 4.69) is 0 Å². The van der Waals surface area contributed by atoms with Gasteiger partial charge in [0.25, 0.3) is 0 Å². The molecule has 3 N–H and O–H groups in total. The lowest BCUT2D eigenvalue weighted by Crippen LogP contribution is -2.37. The van der Waals surface area contributed by atoms with Gasteiger partial charge in [0.2, 0.25) is 0 Å². The van der Waals surface area contributed by atoms with Crippen molar-refractivity contribution in [1.82, 2.24) is 0 Å². The minimum Gasteiger partial charge on any atom is -0.496 e. The molecule has 3 nitrogen and oxygen atoms in total. The summed E-state index contributed by atoms with van der Waals surface area (Å²) in [6.45, 7) is 0.534. The first-order valence-electron chi connectivity index (χ1n) is 7.74. The van der Waals surface area contributed by atoms with Gasteiger partial charge in [-0.15, -0.1) is 0 Å². The van der Waals surface area contributed by atoms with Crippen molar-refractivity contribution in [2.24, 2.45) is 11.1 Å². The fourth-order valence-corrected chi connectivity index (χ4v) is 3.42. The number of ether oxygens (including phenoxy) is 1. The van der Waals surface area contributed by atoms with E-state index in [9.17, 15) is 5.11 Å². The third-order valence-corrected chi connectivity index (χ3v) is 4.77. The number of rotatable bonds is 4. The number of aliphatic hydroxyl groups is 1. The van der Waals surface area contributed by atoms with Gasteiger partial charge in [0.15, 0.2) is 0 Å². The molecule has 1 aromatic carbocycles. The van der Waals surface area contributed by atoms with Crippen LogP contribution in [0.3, 0.4) is 0 Å². The van der Waals surface area contributed by atoms with E-state index in [1.54, 1.807) is 7.11 Å². The lowest BCUT2D eigenvalue weighted by molar-refractivity contribution is 0.00700. The maximum atomic E-state index is 11.0. The first kappa shape index (κ1) is 15.3. The van der Waals surface area contributed by atoms with Crippen LogP contribution in [-0.4, -0.2) is 18.8 Å². The van der Waals surface area contributed by atoms with Crippen molar-refractivity contribution in [2.45, 2.75) is 51.0 Å². The Bertz CT molecular complexity index is 411. The van der Waals surface area contributed by atoms with Crippen LogP contribution >= 0.6 is 0 Å². The highest BCUT2D eigenvalue weighted by molar-refractivity contribution is 5.36. The lowest BCUT2D eigenvalue weighted by atomic mass is 9.70. The molecule has 1 fully saturated rings. The van der Waals surface area contributed by atoms with Crippen molar-refractivity contribution in [3.63, 3.8) is 0 Å². The third-order valence-electron chi connectivity index (χ3n) is 4.77. The second kappa shape index (κ2) is 7.09. The second-order valence-corrected chi connectivity index (χ2v) is 5.98. The van der Waals surface area contributed by atoms with Gasteiger partial charge in [-0.3, -0.25) is 0 Å². The molecule has 1 saturated carbocycles. The zero-order valence-corrected chi connectivity index (χ0v) is 12.5. The van der Waals surface area contributed by atoms with E-state index in [0.29, 0.717) is 6.54 Å². The maximum Gasteiger partial charge on any atom is 0.124 e. The molecule has 0 aliphatic heterocycles. The van der Waals surface area contributed by atoms with Crippen LogP contribution in [0.15, 0.2) is 24.3 Å². The number of para-hydroxylation sites is 1. The minimum absolute atomic E-state index is 0.199. The van der Waals surface area contributed by atoms with Crippen LogP contribution in [0.4, 0.5) is 0 Å². The summed E-state index contributed by atoms with van der Waals surface area (Å²) in [6.07, 6.45) is 7.59. The summed E-state index contributed by atoms with van der Waals surface area (Å²) in [7, 11) is 1.65. The van der Waals surface area contributed by atoms with E-state index in [1.807, 2.05) is 24.3 Å². The molecule has 0 aromatic heterocycles. The molecule has 0 saturated heterocycles. The zero-order chi connectivity index (χ0) is 14.4. The van der Waals surface area contributed by atoms with Crippen LogP contribution in [0.2, 0.25) is 0 Å². The van der Waals surface area contributed by atoms with E-state index < -0.39 is 6.10 Å². The zero-order valence-electron chi connectivity index (χ0n) is 12.5. The Balaban J connectivity index is 2.28. The molecule has 1 aliphatic rings. The van der Waals surface area contributed by atoms with Crippen LogP contribution < -0.4 is 10.5 Å². The number of aliphatic hydroxyl groups excluding tert-OH is 1. The van der Waals surface area contributed by atoms with Gasteiger partial charge in [0.05, 0.1) is 13.2 Å². The molecule has 1 aliphatic carbocycles. The van der Waals surface area contributed by atoms with Gasteiger partial charge in [-0.1, -0.05) is 50.3 Å². The highest BCUT2D eigenvalue weighted by atomic mass is 16.5. The molecule has 2 rings (SSSR count). The van der Waals surface area contributed by atoms with Gasteiger partial charge in [-0.05, 0) is 18.9 Å². The molecule has 1 atom stereocenters. The molecular weight excluding hydrogens is 250 g/mol. The van der Waals surface area contributed by atoms with E-state index in [1.165, 1.54) is 19.3 Å². The van der Waals surface area contributed by atoms with E-state index in [0.717, 1.165) is 37.0 Å². The molecule has 1 aromatic rings. The maximum absolute atomic E-state index is 11.0. The quantitative estimate of drug-likeness (QED) is 0.886. The predicted molar refractivity (Wildman–Crippen MR) is 81.8 cm³/mol. The summed E-state index contributed by atoms with van der Waals surface area (Å²) >= 11 is 0. The van der Waals surface area contributed by atoms with Crippen molar-refractivity contribution in [3.8, 4) is 5.75 Å². The Morgan fingerprint density at radius 3 is 2.35 bits per heavy atom. The average molecular weight is 277 g/mol. The van der Waals surface area contributed by atoms with Crippen LogP contribution in [-0.2, 0) is 0 Å². The van der Waals surface area contributed by atoms with Gasteiger partial charge in [-0.25, -0.2) is 0 Å². The summed E-state index contributed by atoms with van der Waals surface area (Å²) in [5, 5.41) is 11.0. The standard InChI is InChI=1S/C17H27NO2/c1-20-15-10-6-5-9-14(15)16(19)17(13-18)11-7-3-2-4-8-12-17/h5-6,9-10,16,19H,2-4,7-8,11-13,18H2,1H3. The number of hydrogen-bond donors (Lipinski definition) is 2. The van der Waals surface area contributed by atoms with Crippen molar-refractivity contribution in [3.05, 3.63) is 29.8 Å². The molecule has 0 heterocycles. The van der Waals surface area contributed by atoms with Gasteiger partial charge >= 0.3 is 0 Å². The Kier molecular flexibility index (Phi) is 5.44. The molecule has 0 spiro atoms. The van der Waals surface area contributed by atoms with Crippen LogP contribution in [0.1, 0.15) is 56.6 Å². The fourth-order valence-electron chi connectivity index (χ4n) is 3.42. The molecule has 0 bridgehead atoms. The van der Waals surface area contributed by atoms with Crippen LogP contribution in [0.5, 0.6) is 5.75 Å². The first-order valence-corrected chi connectivity index (χ1v) is 7.74. The Labute approximate surface area is 122 Å². The lowest BCUT2D eigenvalue weighted by Gasteiger charge is -2.39. The summed E-state index contributed by atoms with van der Waals surface area (Å²) < 4.78 is 5.40. The number of nitrogens with two attached hydrogens (primary N) is 1. The fraction of sp³-hybridized carbons (Fsp3) is 0.647. The number of hydrogen-bond acceptors (Lipinski definition) is 3. The Morgan fingerprint density at radius 2 is 1.75 bits per heavy atom. The highest BCUT2D eigenvalue weighted by Crippen LogP contribution is 2.45. The molecule has 1 unspecified atom stereocenters. The Hall–Kier alpha value is -1.06. The predicted octanol–water partition coefficient (Wildman–Crippen LogP) is 3.42. The molecule has 0 radical (unpaired) electrons. The van der Waals surface area contributed by atoms with Gasteiger partial charge < -0.3 is 15.6 Å². The first-order chi connectivity index (χ1) is 9.73. The molecule has 112 valence electrons. The summed E-state index contributed by atoms with van der Waals surface area (Å²) in [5.41, 5.74) is 6.76. The van der Waals surface area contributed by atoms with Gasteiger partial charge in [0.1, 0.15) is 5.75 Å². The summed E-state index contributed by atoms with van der Waals surface area (Å²) in [6, 6.07) is 7.75. The van der Waals surface area contributed by atoms with E-state index in [-0.39, 0.29) is 5.41 Å². The smallest absolute Gasteiger partial charge is 0.124 e. The van der Waals surface area contributed by atoms with Crippen molar-refractivity contribution in [1.29, 1.82) is 0 Å². The highest BCUT2D eigenvalue weighted by Gasteiger charge is 2.38. The minimum atomic E-state index is -0.540. The van der Waals surface area contributed by atoms with E-state index in [4.69, 9.17) is 10.5 Å². The second-order valence-electron chi connectivity index (χ2n) is 5.98. The Morgan fingerprint density at radius 1 is 1.15 bits per heavy atom. The van der Waals surface area contributed by atoms with E-state index >= 15 is 0 Å². The van der Waals surface area contributed by atoms with Crippen molar-refractivity contribution in [2.75, 3.05) is 13.7 Å². The van der Waals surface area contributed by atoms with Crippen molar-refractivity contribution < 1.29 is 9.84 Å². The summed E-state index contributed by atoms with van der Waals surface area (Å²) in [4.78, 5) is 0. The topological polar surface area (TPSA) is 55.5 Å². The van der Waals surface area contributed by atoms with Gasteiger partial charge in [0, 0.05) is 17.5 Å². The number of benzene rings is 1. The normalized spacial score (nSPS) is 20.8. The summed E-state index contributed by atoms with van der Waals surface area (Å²) in [5.74, 6) is 0.759. The largest absolute Gasteiger partial charge is 0.496 e. The van der Waals surface area contributed by atoms with Crippen molar-refractivity contribution >= 4 is 0 Å². The SMILES string of the molecule is COc1ccccc1C(O)C1(CN)CCCCCCC1. The number of methoxy groups -OCH3 is 1. The third kappa shape index (κ3) is 3.15. The monoisotopic (exact) mass is 277 g/mol. The van der Waals surface area contributed by atoms with Crippen LogP contribution in [0, 0.1) is 5.41 Å². The van der Waals surface area contributed by atoms with Crippen LogP contribution in [0.25, 0.3) is 0 Å². The molecule has 20 heavy (non-hydrogen) atoms. The average Bonchev–Trinajstić information content (AvgIpc) is 2.47. The molecule has 3 heteroatoms. The molecule has 0 amide bonds. The molecular formula is C17H27NO2.